The van der Waals surface area contributed by atoms with E-state index in [1.165, 1.54) is 5.56 Å². The smallest absolute Gasteiger partial charge is 0.290 e. The molecule has 158 valence electrons. The lowest BCUT2D eigenvalue weighted by Crippen LogP contribution is -2.48. The van der Waals surface area contributed by atoms with Crippen LogP contribution in [0.2, 0.25) is 0 Å². The van der Waals surface area contributed by atoms with Gasteiger partial charge in [-0.25, -0.2) is 0 Å². The maximum absolute atomic E-state index is 13.4. The molecule has 4 aromatic rings. The third kappa shape index (κ3) is 4.36. The van der Waals surface area contributed by atoms with Gasteiger partial charge in [-0.15, -0.1) is 0 Å². The lowest BCUT2D eigenvalue weighted by Gasteiger charge is -2.34. The fraction of sp³-hybridized carbons (Fsp3) is 0.240. The Hall–Kier alpha value is -3.09. The highest BCUT2D eigenvalue weighted by Crippen LogP contribution is 2.28. The number of piperazine rings is 1. The highest BCUT2D eigenvalue weighted by Gasteiger charge is 2.28. The fourth-order valence-corrected chi connectivity index (χ4v) is 4.64. The zero-order valence-electron chi connectivity index (χ0n) is 17.2. The molecule has 0 spiro atoms. The van der Waals surface area contributed by atoms with Crippen molar-refractivity contribution in [2.45, 2.75) is 13.2 Å². The van der Waals surface area contributed by atoms with E-state index in [0.29, 0.717) is 31.0 Å². The predicted octanol–water partition coefficient (Wildman–Crippen LogP) is 5.03. The minimum Gasteiger partial charge on any atom is -0.489 e. The van der Waals surface area contributed by atoms with Gasteiger partial charge in [0.2, 0.25) is 0 Å². The Morgan fingerprint density at radius 1 is 0.968 bits per heavy atom. The van der Waals surface area contributed by atoms with Crippen molar-refractivity contribution in [2.75, 3.05) is 26.2 Å². The molecular formula is C25H24N2O3S. The van der Waals surface area contributed by atoms with Crippen molar-refractivity contribution in [3.63, 3.8) is 0 Å². The third-order valence-corrected chi connectivity index (χ3v) is 6.40. The number of amides is 1. The van der Waals surface area contributed by atoms with Gasteiger partial charge in [0.15, 0.2) is 5.76 Å². The van der Waals surface area contributed by atoms with E-state index >= 15 is 0 Å². The average Bonchev–Trinajstić information content (AvgIpc) is 3.46. The number of carbonyl (C=O) groups is 1. The molecule has 31 heavy (non-hydrogen) atoms. The van der Waals surface area contributed by atoms with Gasteiger partial charge in [-0.3, -0.25) is 9.69 Å². The van der Waals surface area contributed by atoms with Crippen molar-refractivity contribution in [3.8, 4) is 5.75 Å². The van der Waals surface area contributed by atoms with Gasteiger partial charge in [-0.2, -0.15) is 11.3 Å². The highest BCUT2D eigenvalue weighted by molar-refractivity contribution is 7.07. The minimum atomic E-state index is -0.0574. The first-order valence-corrected chi connectivity index (χ1v) is 11.4. The summed E-state index contributed by atoms with van der Waals surface area (Å²) in [5, 5.41) is 5.22. The number of ether oxygens (including phenoxy) is 1. The van der Waals surface area contributed by atoms with Crippen LogP contribution in [0, 0.1) is 0 Å². The molecule has 1 saturated heterocycles. The number of nitrogens with zero attached hydrogens (tertiary/aromatic N) is 2. The Morgan fingerprint density at radius 3 is 2.52 bits per heavy atom. The van der Waals surface area contributed by atoms with Crippen LogP contribution in [0.25, 0.3) is 11.0 Å². The molecule has 0 bridgehead atoms. The van der Waals surface area contributed by atoms with E-state index in [-0.39, 0.29) is 5.91 Å². The monoisotopic (exact) mass is 432 g/mol. The van der Waals surface area contributed by atoms with Crippen molar-refractivity contribution in [1.29, 1.82) is 0 Å². The van der Waals surface area contributed by atoms with Crippen LogP contribution >= 0.6 is 11.3 Å². The van der Waals surface area contributed by atoms with Crippen molar-refractivity contribution in [1.82, 2.24) is 9.80 Å². The largest absolute Gasteiger partial charge is 0.489 e. The van der Waals surface area contributed by atoms with Crippen LogP contribution in [0.5, 0.6) is 5.75 Å². The SMILES string of the molecule is O=C(c1oc2ccccc2c1COc1ccccc1)N1CCN(Cc2ccsc2)CC1. The fourth-order valence-electron chi connectivity index (χ4n) is 3.98. The summed E-state index contributed by atoms with van der Waals surface area (Å²) in [6.45, 7) is 4.33. The van der Waals surface area contributed by atoms with Crippen molar-refractivity contribution in [3.05, 3.63) is 88.3 Å². The van der Waals surface area contributed by atoms with Crippen LogP contribution in [0.15, 0.2) is 75.8 Å². The summed E-state index contributed by atoms with van der Waals surface area (Å²) < 4.78 is 12.0. The van der Waals surface area contributed by atoms with E-state index in [9.17, 15) is 4.79 Å². The number of furan rings is 1. The summed E-state index contributed by atoms with van der Waals surface area (Å²) in [5.74, 6) is 1.11. The average molecular weight is 433 g/mol. The molecule has 0 atom stereocenters. The minimum absolute atomic E-state index is 0.0574. The number of para-hydroxylation sites is 2. The molecule has 0 saturated carbocycles. The van der Waals surface area contributed by atoms with Crippen LogP contribution in [0.1, 0.15) is 21.7 Å². The summed E-state index contributed by atoms with van der Waals surface area (Å²) >= 11 is 1.72. The molecular weight excluding hydrogens is 408 g/mol. The van der Waals surface area contributed by atoms with E-state index in [0.717, 1.165) is 36.3 Å². The molecule has 0 radical (unpaired) electrons. The Labute approximate surface area is 185 Å². The quantitative estimate of drug-likeness (QED) is 0.429. The first kappa shape index (κ1) is 19.8. The van der Waals surface area contributed by atoms with E-state index in [2.05, 4.69) is 21.7 Å². The number of hydrogen-bond acceptors (Lipinski definition) is 5. The van der Waals surface area contributed by atoms with Crippen molar-refractivity contribution in [2.24, 2.45) is 0 Å². The van der Waals surface area contributed by atoms with E-state index in [1.54, 1.807) is 11.3 Å². The van der Waals surface area contributed by atoms with Gasteiger partial charge in [-0.05, 0) is 40.6 Å². The molecule has 6 heteroatoms. The molecule has 5 nitrogen and oxygen atoms in total. The van der Waals surface area contributed by atoms with Gasteiger partial charge < -0.3 is 14.1 Å². The molecule has 0 N–H and O–H groups in total. The Kier molecular flexibility index (Phi) is 5.74. The van der Waals surface area contributed by atoms with Gasteiger partial charge in [-0.1, -0.05) is 36.4 Å². The first-order chi connectivity index (χ1) is 15.3. The van der Waals surface area contributed by atoms with Gasteiger partial charge >= 0.3 is 0 Å². The van der Waals surface area contributed by atoms with Gasteiger partial charge in [0, 0.05) is 43.7 Å². The normalized spacial score (nSPS) is 14.8. The number of hydrogen-bond donors (Lipinski definition) is 0. The number of fused-ring (bicyclic) bond motifs is 1. The van der Waals surface area contributed by atoms with Crippen LogP contribution in [0.3, 0.4) is 0 Å². The van der Waals surface area contributed by atoms with Gasteiger partial charge in [0.05, 0.1) is 0 Å². The first-order valence-electron chi connectivity index (χ1n) is 10.5. The number of rotatable bonds is 6. The maximum Gasteiger partial charge on any atom is 0.290 e. The molecule has 2 aromatic carbocycles. The molecule has 5 rings (SSSR count). The second kappa shape index (κ2) is 8.96. The van der Waals surface area contributed by atoms with Crippen molar-refractivity contribution >= 4 is 28.2 Å². The summed E-state index contributed by atoms with van der Waals surface area (Å²) in [6, 6.07) is 19.6. The Bertz CT molecular complexity index is 1150. The van der Waals surface area contributed by atoms with Crippen molar-refractivity contribution < 1.29 is 13.9 Å². The standard InChI is InChI=1S/C25H24N2O3S/c28-25(27-13-11-26(12-14-27)16-19-10-15-31-18-19)24-22(17-29-20-6-2-1-3-7-20)21-8-4-5-9-23(21)30-24/h1-10,15,18H,11-14,16-17H2. The lowest BCUT2D eigenvalue weighted by atomic mass is 10.1. The predicted molar refractivity (Wildman–Crippen MR) is 122 cm³/mol. The maximum atomic E-state index is 13.4. The zero-order valence-corrected chi connectivity index (χ0v) is 18.0. The molecule has 1 amide bonds. The Morgan fingerprint density at radius 2 is 1.74 bits per heavy atom. The highest BCUT2D eigenvalue weighted by atomic mass is 32.1. The van der Waals surface area contributed by atoms with Crippen LogP contribution in [0.4, 0.5) is 0 Å². The summed E-state index contributed by atoms with van der Waals surface area (Å²) in [6.07, 6.45) is 0. The van der Waals surface area contributed by atoms with Crippen LogP contribution in [-0.2, 0) is 13.2 Å². The molecule has 1 aliphatic rings. The Balaban J connectivity index is 1.32. The lowest BCUT2D eigenvalue weighted by molar-refractivity contribution is 0.0597. The molecule has 2 aromatic heterocycles. The third-order valence-electron chi connectivity index (χ3n) is 5.66. The van der Waals surface area contributed by atoms with Gasteiger partial charge in [0.25, 0.3) is 5.91 Å². The van der Waals surface area contributed by atoms with E-state index in [1.807, 2.05) is 59.5 Å². The summed E-state index contributed by atoms with van der Waals surface area (Å²) in [7, 11) is 0. The number of benzene rings is 2. The number of thiophene rings is 1. The van der Waals surface area contributed by atoms with Crippen LogP contribution < -0.4 is 4.74 Å². The van der Waals surface area contributed by atoms with E-state index in [4.69, 9.17) is 9.15 Å². The summed E-state index contributed by atoms with van der Waals surface area (Å²) in [5.41, 5.74) is 2.86. The molecule has 3 heterocycles. The zero-order chi connectivity index (χ0) is 21.0. The topological polar surface area (TPSA) is 45.9 Å². The number of carbonyl (C=O) groups excluding carboxylic acids is 1. The van der Waals surface area contributed by atoms with Gasteiger partial charge in [0.1, 0.15) is 17.9 Å². The molecule has 1 aliphatic heterocycles. The summed E-state index contributed by atoms with van der Waals surface area (Å²) in [4.78, 5) is 17.7. The second-order valence-corrected chi connectivity index (χ2v) is 8.49. The molecule has 0 aliphatic carbocycles. The molecule has 1 fully saturated rings. The van der Waals surface area contributed by atoms with Crippen LogP contribution in [-0.4, -0.2) is 41.9 Å². The second-order valence-electron chi connectivity index (χ2n) is 7.71. The molecule has 0 unspecified atom stereocenters. The van der Waals surface area contributed by atoms with E-state index < -0.39 is 0 Å².